The number of benzene rings is 1. The molecule has 1 aromatic rings. The Morgan fingerprint density at radius 1 is 1.40 bits per heavy atom. The van der Waals surface area contributed by atoms with E-state index in [1.807, 2.05) is 0 Å². The Labute approximate surface area is 126 Å². The summed E-state index contributed by atoms with van der Waals surface area (Å²) in [6.45, 7) is 0.375. The Balaban J connectivity index is 1.97. The topological polar surface area (TPSA) is 58.6 Å². The van der Waals surface area contributed by atoms with Gasteiger partial charge in [0.05, 0.1) is 9.89 Å². The molecule has 0 atom stereocenters. The van der Waals surface area contributed by atoms with Gasteiger partial charge >= 0.3 is 12.0 Å². The van der Waals surface area contributed by atoms with Crippen molar-refractivity contribution in [1.29, 1.82) is 0 Å². The lowest BCUT2D eigenvalue weighted by Crippen LogP contribution is -2.27. The molecule has 0 radical (unpaired) electrons. The Bertz CT molecular complexity index is 527. The summed E-state index contributed by atoms with van der Waals surface area (Å²) in [6.07, 6.45) is 2.05. The zero-order valence-corrected chi connectivity index (χ0v) is 13.1. The summed E-state index contributed by atoms with van der Waals surface area (Å²) in [7, 11) is 3.30. The van der Waals surface area contributed by atoms with Gasteiger partial charge in [-0.1, -0.05) is 22.0 Å². The van der Waals surface area contributed by atoms with E-state index in [1.54, 1.807) is 38.4 Å². The Hall–Kier alpha value is -1.56. The van der Waals surface area contributed by atoms with Crippen LogP contribution in [0.1, 0.15) is 23.2 Å². The van der Waals surface area contributed by atoms with Gasteiger partial charge in [-0.3, -0.25) is 0 Å². The lowest BCUT2D eigenvalue weighted by atomic mass is 10.2. The second-order valence-corrected chi connectivity index (χ2v) is 6.81. The summed E-state index contributed by atoms with van der Waals surface area (Å²) < 4.78 is 5.24. The third kappa shape index (κ3) is 3.96. The van der Waals surface area contributed by atoms with Crippen molar-refractivity contribution in [2.75, 3.05) is 26.0 Å². The fourth-order valence-corrected chi connectivity index (χ4v) is 1.83. The van der Waals surface area contributed by atoms with Crippen molar-refractivity contribution in [3.63, 3.8) is 0 Å². The monoisotopic (exact) mass is 340 g/mol. The van der Waals surface area contributed by atoms with E-state index in [-0.39, 0.29) is 16.3 Å². The van der Waals surface area contributed by atoms with Crippen LogP contribution in [0.4, 0.5) is 10.5 Å². The van der Waals surface area contributed by atoms with Crippen LogP contribution in [0.3, 0.4) is 0 Å². The average Bonchev–Trinajstić information content (AvgIpc) is 3.14. The number of carbonyl (C=O) groups is 2. The number of rotatable bonds is 4. The maximum Gasteiger partial charge on any atom is 0.338 e. The first-order valence-electron chi connectivity index (χ1n) is 6.34. The molecular weight excluding hydrogens is 324 g/mol. The van der Waals surface area contributed by atoms with E-state index < -0.39 is 0 Å². The molecule has 0 saturated heterocycles. The van der Waals surface area contributed by atoms with Crippen molar-refractivity contribution >= 4 is 33.6 Å². The third-order valence-corrected chi connectivity index (χ3v) is 4.03. The molecule has 20 heavy (non-hydrogen) atoms. The number of nitrogens with one attached hydrogen (secondary N) is 1. The van der Waals surface area contributed by atoms with E-state index in [1.165, 1.54) is 4.90 Å². The number of ether oxygens (including phenoxy) is 1. The molecule has 0 aromatic heterocycles. The van der Waals surface area contributed by atoms with Gasteiger partial charge in [0.15, 0.2) is 0 Å². The van der Waals surface area contributed by atoms with Crippen molar-refractivity contribution in [2.45, 2.75) is 17.2 Å². The molecule has 0 unspecified atom stereocenters. The van der Waals surface area contributed by atoms with Crippen molar-refractivity contribution in [3.8, 4) is 0 Å². The maximum atomic E-state index is 11.9. The zero-order chi connectivity index (χ0) is 14.8. The van der Waals surface area contributed by atoms with Gasteiger partial charge in [0.2, 0.25) is 0 Å². The van der Waals surface area contributed by atoms with E-state index in [4.69, 9.17) is 4.74 Å². The van der Waals surface area contributed by atoms with Crippen LogP contribution in [-0.4, -0.2) is 41.9 Å². The number of halogens is 1. The molecule has 0 aliphatic heterocycles. The molecule has 108 valence electrons. The molecule has 0 heterocycles. The van der Waals surface area contributed by atoms with E-state index in [0.29, 0.717) is 17.9 Å². The molecule has 6 heteroatoms. The molecule has 2 rings (SSSR count). The van der Waals surface area contributed by atoms with E-state index in [2.05, 4.69) is 21.2 Å². The number of urea groups is 1. The summed E-state index contributed by atoms with van der Waals surface area (Å²) in [5.74, 6) is -0.378. The van der Waals surface area contributed by atoms with Crippen LogP contribution in [0, 0.1) is 0 Å². The summed E-state index contributed by atoms with van der Waals surface area (Å²) in [6, 6.07) is 6.47. The van der Waals surface area contributed by atoms with Gasteiger partial charge in [0.1, 0.15) is 6.61 Å². The number of nitrogens with zero attached hydrogens (tertiary/aromatic N) is 1. The normalized spacial score (nSPS) is 15.3. The SMILES string of the molecule is CN(C)C(=O)Nc1cccc(C(=O)OCC2(Br)CC2)c1. The first kappa shape index (κ1) is 14.8. The van der Waals surface area contributed by atoms with Crippen LogP contribution in [0.25, 0.3) is 0 Å². The van der Waals surface area contributed by atoms with Crippen LogP contribution >= 0.6 is 15.9 Å². The van der Waals surface area contributed by atoms with Gasteiger partial charge in [-0.25, -0.2) is 9.59 Å². The van der Waals surface area contributed by atoms with Gasteiger partial charge in [0, 0.05) is 19.8 Å². The number of hydrogen-bond donors (Lipinski definition) is 1. The standard InChI is InChI=1S/C14H17BrN2O3/c1-17(2)13(19)16-11-5-3-4-10(8-11)12(18)20-9-14(15)6-7-14/h3-5,8H,6-7,9H2,1-2H3,(H,16,19). The van der Waals surface area contributed by atoms with E-state index >= 15 is 0 Å². The maximum absolute atomic E-state index is 11.9. The minimum absolute atomic E-state index is 0.0145. The minimum atomic E-state index is -0.378. The number of alkyl halides is 1. The summed E-state index contributed by atoms with van der Waals surface area (Å²) in [4.78, 5) is 24.9. The molecule has 1 fully saturated rings. The third-order valence-electron chi connectivity index (χ3n) is 3.01. The highest BCUT2D eigenvalue weighted by molar-refractivity contribution is 9.10. The van der Waals surface area contributed by atoms with Gasteiger partial charge < -0.3 is 15.0 Å². The smallest absolute Gasteiger partial charge is 0.338 e. The van der Waals surface area contributed by atoms with Crippen molar-refractivity contribution in [1.82, 2.24) is 4.90 Å². The fraction of sp³-hybridized carbons (Fsp3) is 0.429. The van der Waals surface area contributed by atoms with Gasteiger partial charge in [-0.2, -0.15) is 0 Å². The Kier molecular flexibility index (Phi) is 4.32. The molecular formula is C14H17BrN2O3. The quantitative estimate of drug-likeness (QED) is 0.677. The highest BCUT2D eigenvalue weighted by atomic mass is 79.9. The second-order valence-electron chi connectivity index (χ2n) is 5.13. The average molecular weight is 341 g/mol. The van der Waals surface area contributed by atoms with Crippen LogP contribution in [0.2, 0.25) is 0 Å². The predicted octanol–water partition coefficient (Wildman–Crippen LogP) is 2.86. The molecule has 2 amide bonds. The Morgan fingerprint density at radius 3 is 2.70 bits per heavy atom. The van der Waals surface area contributed by atoms with Crippen LogP contribution < -0.4 is 5.32 Å². The van der Waals surface area contributed by atoms with Crippen LogP contribution in [0.5, 0.6) is 0 Å². The van der Waals surface area contributed by atoms with Gasteiger partial charge in [-0.15, -0.1) is 0 Å². The van der Waals surface area contributed by atoms with Crippen molar-refractivity contribution in [3.05, 3.63) is 29.8 Å². The molecule has 1 saturated carbocycles. The molecule has 1 aliphatic rings. The first-order valence-corrected chi connectivity index (χ1v) is 7.13. The lowest BCUT2D eigenvalue weighted by molar-refractivity contribution is 0.0501. The van der Waals surface area contributed by atoms with Crippen LogP contribution in [0.15, 0.2) is 24.3 Å². The molecule has 1 N–H and O–H groups in total. The summed E-state index contributed by atoms with van der Waals surface area (Å²) in [5, 5.41) is 2.69. The number of hydrogen-bond acceptors (Lipinski definition) is 3. The van der Waals surface area contributed by atoms with Crippen LogP contribution in [-0.2, 0) is 4.74 Å². The lowest BCUT2D eigenvalue weighted by Gasteiger charge is -2.13. The summed E-state index contributed by atoms with van der Waals surface area (Å²) >= 11 is 3.51. The van der Waals surface area contributed by atoms with Gasteiger partial charge in [0.25, 0.3) is 0 Å². The number of carbonyl (C=O) groups excluding carboxylic acids is 2. The molecule has 0 bridgehead atoms. The van der Waals surface area contributed by atoms with E-state index in [9.17, 15) is 9.59 Å². The zero-order valence-electron chi connectivity index (χ0n) is 11.5. The van der Waals surface area contributed by atoms with Gasteiger partial charge in [-0.05, 0) is 31.0 Å². The molecule has 1 aromatic carbocycles. The highest BCUT2D eigenvalue weighted by Gasteiger charge is 2.41. The Morgan fingerprint density at radius 2 is 2.10 bits per heavy atom. The van der Waals surface area contributed by atoms with E-state index in [0.717, 1.165) is 12.8 Å². The summed E-state index contributed by atoms with van der Waals surface area (Å²) in [5.41, 5.74) is 0.997. The first-order chi connectivity index (χ1) is 9.39. The molecule has 1 aliphatic carbocycles. The number of anilines is 1. The molecule has 0 spiro atoms. The molecule has 5 nitrogen and oxygen atoms in total. The number of amides is 2. The fourth-order valence-electron chi connectivity index (χ4n) is 1.52. The predicted molar refractivity (Wildman–Crippen MR) is 80.3 cm³/mol. The van der Waals surface area contributed by atoms with Crippen molar-refractivity contribution in [2.24, 2.45) is 0 Å². The van der Waals surface area contributed by atoms with Crippen molar-refractivity contribution < 1.29 is 14.3 Å². The number of esters is 1. The highest BCUT2D eigenvalue weighted by Crippen LogP contribution is 2.44. The second kappa shape index (κ2) is 5.83. The minimum Gasteiger partial charge on any atom is -0.461 e. The largest absolute Gasteiger partial charge is 0.461 e.